The number of fused-ring (bicyclic) bond motifs is 2. The molecule has 1 aliphatic rings. The number of rotatable bonds is 5. The third kappa shape index (κ3) is 3.79. The zero-order chi connectivity index (χ0) is 23.8. The minimum atomic E-state index is -0.529. The quantitative estimate of drug-likeness (QED) is 0.473. The van der Waals surface area contributed by atoms with Gasteiger partial charge in [0.05, 0.1) is 17.4 Å². The smallest absolute Gasteiger partial charge is 0.262 e. The molecule has 0 saturated carbocycles. The highest BCUT2D eigenvalue weighted by molar-refractivity contribution is 7.20. The van der Waals surface area contributed by atoms with Gasteiger partial charge < -0.3 is 14.6 Å². The number of methoxy groups -OCH3 is 1. The molecule has 0 fully saturated rings. The number of hydrogen-bond acceptors (Lipinski definition) is 6. The number of para-hydroxylation sites is 1. The van der Waals surface area contributed by atoms with Crippen molar-refractivity contribution >= 4 is 27.5 Å². The Hall–Kier alpha value is -3.46. The average molecular weight is 478 g/mol. The number of amides is 1. The van der Waals surface area contributed by atoms with Gasteiger partial charge in [-0.3, -0.25) is 14.2 Å². The van der Waals surface area contributed by atoms with Gasteiger partial charge in [-0.25, -0.2) is 9.97 Å². The molecule has 9 heteroatoms. The van der Waals surface area contributed by atoms with Crippen LogP contribution in [0.4, 0.5) is 0 Å². The van der Waals surface area contributed by atoms with Gasteiger partial charge in [-0.05, 0) is 31.4 Å². The first-order valence-corrected chi connectivity index (χ1v) is 12.2. The molecule has 1 atom stereocenters. The number of nitrogens with zero attached hydrogens (tertiary/aromatic N) is 4. The summed E-state index contributed by atoms with van der Waals surface area (Å²) in [6.45, 7) is 2.52. The predicted molar refractivity (Wildman–Crippen MR) is 132 cm³/mol. The van der Waals surface area contributed by atoms with E-state index < -0.39 is 6.04 Å². The molecule has 1 amide bonds. The van der Waals surface area contributed by atoms with Crippen LogP contribution in [0.15, 0.2) is 41.5 Å². The van der Waals surface area contributed by atoms with Gasteiger partial charge in [-0.2, -0.15) is 0 Å². The molecular weight excluding hydrogens is 450 g/mol. The number of aromatic nitrogens is 4. The minimum Gasteiger partial charge on any atom is -0.496 e. The van der Waals surface area contributed by atoms with Crippen molar-refractivity contribution in [3.05, 3.63) is 74.7 Å². The molecule has 4 heterocycles. The van der Waals surface area contributed by atoms with Crippen LogP contribution in [-0.4, -0.2) is 32.1 Å². The number of carbonyl (C=O) groups is 1. The van der Waals surface area contributed by atoms with Gasteiger partial charge in [0.25, 0.3) is 11.5 Å². The van der Waals surface area contributed by atoms with Crippen molar-refractivity contribution in [1.29, 1.82) is 0 Å². The van der Waals surface area contributed by atoms with E-state index in [1.807, 2.05) is 49.0 Å². The van der Waals surface area contributed by atoms with Gasteiger partial charge in [0.15, 0.2) is 0 Å². The van der Waals surface area contributed by atoms with E-state index in [4.69, 9.17) is 9.72 Å². The lowest BCUT2D eigenvalue weighted by Crippen LogP contribution is -2.31. The predicted octanol–water partition coefficient (Wildman–Crippen LogP) is 3.75. The number of nitrogens with one attached hydrogen (secondary N) is 1. The van der Waals surface area contributed by atoms with Crippen LogP contribution < -0.4 is 15.6 Å². The lowest BCUT2D eigenvalue weighted by Gasteiger charge is -2.21. The number of thiophene rings is 1. The molecule has 34 heavy (non-hydrogen) atoms. The first-order chi connectivity index (χ1) is 16.5. The van der Waals surface area contributed by atoms with Gasteiger partial charge in [0.1, 0.15) is 28.3 Å². The van der Waals surface area contributed by atoms with E-state index >= 15 is 0 Å². The SMILES string of the molecule is COc1ccccc1[C@H](NC(=O)c1sc2nc3n(c(=O)c2c1C)CCCCC3)c1nccn1C. The summed E-state index contributed by atoms with van der Waals surface area (Å²) in [6, 6.07) is 7.04. The Morgan fingerprint density at radius 2 is 2.06 bits per heavy atom. The van der Waals surface area contributed by atoms with E-state index in [0.717, 1.165) is 37.1 Å². The van der Waals surface area contributed by atoms with Crippen molar-refractivity contribution in [2.45, 2.75) is 45.2 Å². The lowest BCUT2D eigenvalue weighted by molar-refractivity contribution is 0.0944. The Balaban J connectivity index is 1.57. The molecule has 0 unspecified atom stereocenters. The number of carbonyl (C=O) groups excluding carboxylic acids is 1. The summed E-state index contributed by atoms with van der Waals surface area (Å²) in [5.41, 5.74) is 1.43. The Morgan fingerprint density at radius 1 is 1.24 bits per heavy atom. The summed E-state index contributed by atoms with van der Waals surface area (Å²) in [5, 5.41) is 3.69. The highest BCUT2D eigenvalue weighted by atomic mass is 32.1. The standard InChI is InChI=1S/C25H27N5O3S/c1-15-19-24(27-18-11-5-4-8-13-30(18)25(19)32)34-21(15)23(31)28-20(22-26-12-14-29(22)2)16-9-6-7-10-17(16)33-3/h6-7,9-10,12,14,20H,4-5,8,11,13H2,1-3H3,(H,28,31)/t20-/m0/s1. The minimum absolute atomic E-state index is 0.0416. The molecule has 4 aromatic rings. The molecule has 1 aromatic carbocycles. The monoisotopic (exact) mass is 477 g/mol. The molecule has 1 N–H and O–H groups in total. The molecule has 0 aliphatic carbocycles. The normalized spacial score (nSPS) is 14.4. The molecule has 0 radical (unpaired) electrons. The van der Waals surface area contributed by atoms with Crippen LogP contribution in [0.1, 0.15) is 57.8 Å². The van der Waals surface area contributed by atoms with Gasteiger partial charge in [0.2, 0.25) is 0 Å². The Bertz CT molecular complexity index is 1430. The average Bonchev–Trinajstić information content (AvgIpc) is 3.31. The summed E-state index contributed by atoms with van der Waals surface area (Å²) < 4.78 is 9.24. The second-order valence-electron chi connectivity index (χ2n) is 8.58. The molecular formula is C25H27N5O3S. The van der Waals surface area contributed by atoms with E-state index in [-0.39, 0.29) is 11.5 Å². The molecule has 1 aliphatic heterocycles. The van der Waals surface area contributed by atoms with E-state index in [2.05, 4.69) is 10.3 Å². The van der Waals surface area contributed by atoms with Gasteiger partial charge in [-0.15, -0.1) is 11.3 Å². The highest BCUT2D eigenvalue weighted by Crippen LogP contribution is 2.32. The number of hydrogen-bond donors (Lipinski definition) is 1. The van der Waals surface area contributed by atoms with E-state index in [9.17, 15) is 9.59 Å². The van der Waals surface area contributed by atoms with Crippen molar-refractivity contribution in [3.8, 4) is 5.75 Å². The maximum absolute atomic E-state index is 13.6. The summed E-state index contributed by atoms with van der Waals surface area (Å²) in [6.07, 6.45) is 7.43. The Labute approximate surface area is 201 Å². The maximum atomic E-state index is 13.6. The van der Waals surface area contributed by atoms with Crippen LogP contribution in [-0.2, 0) is 20.0 Å². The molecule has 8 nitrogen and oxygen atoms in total. The molecule has 0 saturated heterocycles. The fraction of sp³-hybridized carbons (Fsp3) is 0.360. The van der Waals surface area contributed by atoms with E-state index in [1.165, 1.54) is 11.3 Å². The van der Waals surface area contributed by atoms with Crippen molar-refractivity contribution in [2.24, 2.45) is 7.05 Å². The highest BCUT2D eigenvalue weighted by Gasteiger charge is 2.27. The van der Waals surface area contributed by atoms with Gasteiger partial charge in [0, 0.05) is 38.0 Å². The van der Waals surface area contributed by atoms with Gasteiger partial charge in [-0.1, -0.05) is 24.6 Å². The van der Waals surface area contributed by atoms with Crippen LogP contribution >= 0.6 is 11.3 Å². The maximum Gasteiger partial charge on any atom is 0.262 e. The molecule has 3 aromatic heterocycles. The second-order valence-corrected chi connectivity index (χ2v) is 9.58. The van der Waals surface area contributed by atoms with Gasteiger partial charge >= 0.3 is 0 Å². The number of benzene rings is 1. The van der Waals surface area contributed by atoms with E-state index in [0.29, 0.717) is 38.8 Å². The Kier molecular flexibility index (Phi) is 5.95. The first kappa shape index (κ1) is 22.3. The lowest BCUT2D eigenvalue weighted by atomic mass is 10.0. The molecule has 5 rings (SSSR count). The van der Waals surface area contributed by atoms with Crippen LogP contribution in [0.5, 0.6) is 5.75 Å². The van der Waals surface area contributed by atoms with Crippen molar-refractivity contribution in [3.63, 3.8) is 0 Å². The third-order valence-electron chi connectivity index (χ3n) is 6.46. The van der Waals surface area contributed by atoms with Crippen molar-refractivity contribution < 1.29 is 9.53 Å². The van der Waals surface area contributed by atoms with Crippen LogP contribution in [0.3, 0.4) is 0 Å². The third-order valence-corrected chi connectivity index (χ3v) is 7.64. The van der Waals surface area contributed by atoms with Crippen LogP contribution in [0.25, 0.3) is 10.2 Å². The zero-order valence-corrected chi connectivity index (χ0v) is 20.3. The number of imidazole rings is 1. The molecule has 0 bridgehead atoms. The fourth-order valence-electron chi connectivity index (χ4n) is 4.66. The largest absolute Gasteiger partial charge is 0.496 e. The van der Waals surface area contributed by atoms with Crippen LogP contribution in [0, 0.1) is 6.92 Å². The van der Waals surface area contributed by atoms with Crippen LogP contribution in [0.2, 0.25) is 0 Å². The topological polar surface area (TPSA) is 91.0 Å². The van der Waals surface area contributed by atoms with Crippen molar-refractivity contribution in [2.75, 3.05) is 7.11 Å². The number of ether oxygens (including phenoxy) is 1. The second kappa shape index (κ2) is 9.06. The zero-order valence-electron chi connectivity index (χ0n) is 19.5. The first-order valence-electron chi connectivity index (χ1n) is 11.4. The van der Waals surface area contributed by atoms with E-state index in [1.54, 1.807) is 17.9 Å². The molecule has 0 spiro atoms. The van der Waals surface area contributed by atoms with Crippen molar-refractivity contribution in [1.82, 2.24) is 24.4 Å². The fourth-order valence-corrected chi connectivity index (χ4v) is 5.76. The summed E-state index contributed by atoms with van der Waals surface area (Å²) >= 11 is 1.28. The molecule has 176 valence electrons. The summed E-state index contributed by atoms with van der Waals surface area (Å²) in [7, 11) is 3.49. The summed E-state index contributed by atoms with van der Waals surface area (Å²) in [5.74, 6) is 1.90. The Morgan fingerprint density at radius 3 is 2.82 bits per heavy atom. The summed E-state index contributed by atoms with van der Waals surface area (Å²) in [4.78, 5) is 37.3. The number of aryl methyl sites for hydroxylation is 3.